The highest BCUT2D eigenvalue weighted by atomic mass is 14.2. The maximum Gasteiger partial charge on any atom is -0.0124 e. The molecule has 1 unspecified atom stereocenters. The zero-order valence-corrected chi connectivity index (χ0v) is 15.0. The highest BCUT2D eigenvalue weighted by molar-refractivity contribution is 5.64. The molecule has 0 aromatic heterocycles. The summed E-state index contributed by atoms with van der Waals surface area (Å²) >= 11 is 0. The molecule has 2 aromatic carbocycles. The van der Waals surface area contributed by atoms with Gasteiger partial charge in [0, 0.05) is 0 Å². The van der Waals surface area contributed by atoms with Gasteiger partial charge in [0.15, 0.2) is 0 Å². The average Bonchev–Trinajstić information content (AvgIpc) is 2.63. The molecule has 1 aliphatic rings. The molecule has 1 aliphatic carbocycles. The summed E-state index contributed by atoms with van der Waals surface area (Å²) in [6.45, 7) is 4.24. The van der Waals surface area contributed by atoms with Crippen LogP contribution >= 0.6 is 0 Å². The predicted molar refractivity (Wildman–Crippen MR) is 105 cm³/mol. The van der Waals surface area contributed by atoms with Crippen LogP contribution in [0.5, 0.6) is 0 Å². The van der Waals surface area contributed by atoms with Crippen molar-refractivity contribution in [1.82, 2.24) is 0 Å². The van der Waals surface area contributed by atoms with Gasteiger partial charge in [0.05, 0.1) is 0 Å². The van der Waals surface area contributed by atoms with Crippen LogP contribution in [-0.4, -0.2) is 0 Å². The number of allylic oxidation sites excluding steroid dienone is 4. The minimum atomic E-state index is 0.697. The van der Waals surface area contributed by atoms with E-state index in [0.29, 0.717) is 5.92 Å². The van der Waals surface area contributed by atoms with Crippen LogP contribution < -0.4 is 0 Å². The molecule has 0 saturated heterocycles. The zero-order valence-electron chi connectivity index (χ0n) is 15.0. The maximum atomic E-state index is 2.49. The molecular weight excluding hydrogens is 288 g/mol. The second-order valence-electron chi connectivity index (χ2n) is 6.93. The lowest BCUT2D eigenvalue weighted by Crippen LogP contribution is -2.04. The lowest BCUT2D eigenvalue weighted by Gasteiger charge is -2.22. The summed E-state index contributed by atoms with van der Waals surface area (Å²) < 4.78 is 0. The fourth-order valence-corrected chi connectivity index (χ4v) is 3.55. The summed E-state index contributed by atoms with van der Waals surface area (Å²) in [5.74, 6) is 0.697. The molecule has 0 heteroatoms. The first-order valence-corrected chi connectivity index (χ1v) is 9.22. The molecule has 0 saturated carbocycles. The highest BCUT2D eigenvalue weighted by Crippen LogP contribution is 2.34. The van der Waals surface area contributed by atoms with Crippen LogP contribution in [0.15, 0.2) is 72.3 Å². The van der Waals surface area contributed by atoms with Crippen molar-refractivity contribution in [2.45, 2.75) is 51.9 Å². The number of aryl methyl sites for hydroxylation is 1. The van der Waals surface area contributed by atoms with Crippen molar-refractivity contribution in [3.63, 3.8) is 0 Å². The Morgan fingerprint density at radius 2 is 1.62 bits per heavy atom. The predicted octanol–water partition coefficient (Wildman–Crippen LogP) is 7.21. The molecule has 0 amide bonds. The minimum absolute atomic E-state index is 0.697. The first-order chi connectivity index (χ1) is 11.8. The van der Waals surface area contributed by atoms with Gasteiger partial charge in [-0.3, -0.25) is 0 Å². The van der Waals surface area contributed by atoms with Gasteiger partial charge in [-0.2, -0.15) is 0 Å². The molecule has 0 spiro atoms. The Morgan fingerprint density at radius 3 is 2.21 bits per heavy atom. The molecule has 0 bridgehead atoms. The molecule has 1 atom stereocenters. The third-order valence-corrected chi connectivity index (χ3v) is 5.14. The van der Waals surface area contributed by atoms with Crippen molar-refractivity contribution in [2.24, 2.45) is 0 Å². The van der Waals surface area contributed by atoms with Crippen LogP contribution in [0.3, 0.4) is 0 Å². The molecule has 0 radical (unpaired) electrons. The van der Waals surface area contributed by atoms with E-state index in [0.717, 1.165) is 0 Å². The fraction of sp³-hybridized carbons (Fsp3) is 0.333. The molecular formula is C24H28. The standard InChI is InChI=1S/C24H28/c1-3-4-5-6-20-9-13-22(14-10-20)24-17-15-23(16-18-24)21-11-7-19(2)8-12-21/h3-4,7-9,11-12,15-18,22H,5-6,10,13-14H2,1-2H3. The molecule has 2 aromatic rings. The molecule has 24 heavy (non-hydrogen) atoms. The van der Waals surface area contributed by atoms with E-state index in [4.69, 9.17) is 0 Å². The summed E-state index contributed by atoms with van der Waals surface area (Å²) in [4.78, 5) is 0. The molecule has 0 aliphatic heterocycles. The van der Waals surface area contributed by atoms with Crippen LogP contribution in [0.25, 0.3) is 11.1 Å². The van der Waals surface area contributed by atoms with E-state index in [1.54, 1.807) is 5.57 Å². The van der Waals surface area contributed by atoms with Crippen molar-refractivity contribution in [3.8, 4) is 11.1 Å². The molecule has 0 nitrogen and oxygen atoms in total. The van der Waals surface area contributed by atoms with E-state index < -0.39 is 0 Å². The second kappa shape index (κ2) is 8.15. The van der Waals surface area contributed by atoms with E-state index >= 15 is 0 Å². The average molecular weight is 316 g/mol. The zero-order chi connectivity index (χ0) is 16.8. The summed E-state index contributed by atoms with van der Waals surface area (Å²) in [6.07, 6.45) is 13.1. The van der Waals surface area contributed by atoms with Gasteiger partial charge >= 0.3 is 0 Å². The second-order valence-corrected chi connectivity index (χ2v) is 6.93. The normalized spacial score (nSPS) is 17.9. The van der Waals surface area contributed by atoms with Crippen LogP contribution in [-0.2, 0) is 0 Å². The van der Waals surface area contributed by atoms with Crippen LogP contribution in [0, 0.1) is 6.92 Å². The van der Waals surface area contributed by atoms with Gasteiger partial charge in [-0.25, -0.2) is 0 Å². The van der Waals surface area contributed by atoms with Crippen LogP contribution in [0.2, 0.25) is 0 Å². The minimum Gasteiger partial charge on any atom is -0.0917 e. The largest absolute Gasteiger partial charge is 0.0917 e. The van der Waals surface area contributed by atoms with E-state index in [-0.39, 0.29) is 0 Å². The smallest absolute Gasteiger partial charge is 0.0124 e. The Bertz CT molecular complexity index is 699. The Balaban J connectivity index is 1.63. The van der Waals surface area contributed by atoms with Crippen LogP contribution in [0.4, 0.5) is 0 Å². The topological polar surface area (TPSA) is 0 Å². The van der Waals surface area contributed by atoms with Gasteiger partial charge in [0.25, 0.3) is 0 Å². The summed E-state index contributed by atoms with van der Waals surface area (Å²) in [7, 11) is 0. The summed E-state index contributed by atoms with van der Waals surface area (Å²) in [5.41, 5.74) is 7.09. The fourth-order valence-electron chi connectivity index (χ4n) is 3.55. The number of benzene rings is 2. The Kier molecular flexibility index (Phi) is 5.69. The quantitative estimate of drug-likeness (QED) is 0.511. The lowest BCUT2D eigenvalue weighted by atomic mass is 9.83. The Labute approximate surface area is 146 Å². The van der Waals surface area contributed by atoms with Crippen molar-refractivity contribution in [3.05, 3.63) is 83.5 Å². The van der Waals surface area contributed by atoms with Crippen LogP contribution in [0.1, 0.15) is 56.1 Å². The molecule has 0 heterocycles. The number of rotatable bonds is 5. The van der Waals surface area contributed by atoms with Gasteiger partial charge in [-0.05, 0) is 68.6 Å². The van der Waals surface area contributed by atoms with E-state index in [2.05, 4.69) is 80.6 Å². The van der Waals surface area contributed by atoms with Gasteiger partial charge in [0.2, 0.25) is 0 Å². The SMILES string of the molecule is CC=CCCC1=CCC(c2ccc(-c3ccc(C)cc3)cc2)CC1. The van der Waals surface area contributed by atoms with Gasteiger partial charge < -0.3 is 0 Å². The third-order valence-electron chi connectivity index (χ3n) is 5.14. The van der Waals surface area contributed by atoms with Gasteiger partial charge in [-0.15, -0.1) is 0 Å². The van der Waals surface area contributed by atoms with Crippen molar-refractivity contribution >= 4 is 0 Å². The molecule has 0 N–H and O–H groups in total. The summed E-state index contributed by atoms with van der Waals surface area (Å²) in [6, 6.07) is 18.0. The molecule has 3 rings (SSSR count). The van der Waals surface area contributed by atoms with E-state index in [1.807, 2.05) is 0 Å². The maximum absolute atomic E-state index is 2.49. The highest BCUT2D eigenvalue weighted by Gasteiger charge is 2.16. The number of hydrogen-bond acceptors (Lipinski definition) is 0. The molecule has 0 fully saturated rings. The Morgan fingerprint density at radius 1 is 0.958 bits per heavy atom. The van der Waals surface area contributed by atoms with E-state index in [9.17, 15) is 0 Å². The monoisotopic (exact) mass is 316 g/mol. The van der Waals surface area contributed by atoms with E-state index in [1.165, 1.54) is 54.4 Å². The van der Waals surface area contributed by atoms with Crippen molar-refractivity contribution < 1.29 is 0 Å². The first-order valence-electron chi connectivity index (χ1n) is 9.22. The Hall–Kier alpha value is -2.08. The number of hydrogen-bond donors (Lipinski definition) is 0. The van der Waals surface area contributed by atoms with Gasteiger partial charge in [-0.1, -0.05) is 77.9 Å². The van der Waals surface area contributed by atoms with Gasteiger partial charge in [0.1, 0.15) is 0 Å². The third kappa shape index (κ3) is 4.26. The van der Waals surface area contributed by atoms with Crippen molar-refractivity contribution in [1.29, 1.82) is 0 Å². The first kappa shape index (κ1) is 16.8. The van der Waals surface area contributed by atoms with Crippen molar-refractivity contribution in [2.75, 3.05) is 0 Å². The lowest BCUT2D eigenvalue weighted by molar-refractivity contribution is 0.586. The molecule has 124 valence electrons. The summed E-state index contributed by atoms with van der Waals surface area (Å²) in [5, 5.41) is 0.